The predicted molar refractivity (Wildman–Crippen MR) is 103 cm³/mol. The molecule has 0 heterocycles. The summed E-state index contributed by atoms with van der Waals surface area (Å²) in [5.74, 6) is 0.202. The third-order valence-electron chi connectivity index (χ3n) is 3.30. The molecule has 0 bridgehead atoms. The Morgan fingerprint density at radius 2 is 1.65 bits per heavy atom. The van der Waals surface area contributed by atoms with Crippen molar-refractivity contribution in [3.8, 4) is 0 Å². The van der Waals surface area contributed by atoms with E-state index in [4.69, 9.17) is 4.74 Å². The van der Waals surface area contributed by atoms with Crippen LogP contribution in [0.15, 0.2) is 65.7 Å². The van der Waals surface area contributed by atoms with Gasteiger partial charge in [0.2, 0.25) is 5.96 Å². The molecule has 0 spiro atoms. The number of guanidine groups is 1. The second kappa shape index (κ2) is 9.01. The number of hydrogen-bond acceptors (Lipinski definition) is 4. The highest BCUT2D eigenvalue weighted by atomic mass is 16.6. The van der Waals surface area contributed by atoms with Gasteiger partial charge in [-0.05, 0) is 38.5 Å². The average molecular weight is 355 g/mol. The van der Waals surface area contributed by atoms with Crippen LogP contribution in [0.25, 0.3) is 0 Å². The zero-order chi connectivity index (χ0) is 19.0. The number of carbonyl (C=O) groups is 1. The van der Waals surface area contributed by atoms with E-state index < -0.39 is 17.7 Å². The van der Waals surface area contributed by atoms with E-state index in [2.05, 4.69) is 15.6 Å². The molecule has 0 aliphatic heterocycles. The number of carbonyl (C=O) groups excluding carboxylic acids is 1. The Bertz CT molecular complexity index is 725. The lowest BCUT2D eigenvalue weighted by Crippen LogP contribution is -2.40. The quantitative estimate of drug-likeness (QED) is 0.577. The van der Waals surface area contributed by atoms with Gasteiger partial charge in [-0.2, -0.15) is 0 Å². The second-order valence-electron chi connectivity index (χ2n) is 6.70. The lowest BCUT2D eigenvalue weighted by atomic mass is 10.1. The molecule has 0 unspecified atom stereocenters. The summed E-state index contributed by atoms with van der Waals surface area (Å²) in [6, 6.07) is 18.2. The fourth-order valence-electron chi connectivity index (χ4n) is 2.21. The number of aliphatic hydroxyl groups is 1. The fourth-order valence-corrected chi connectivity index (χ4v) is 2.21. The monoisotopic (exact) mass is 355 g/mol. The van der Waals surface area contributed by atoms with Gasteiger partial charge in [-0.25, -0.2) is 9.79 Å². The van der Waals surface area contributed by atoms with Gasteiger partial charge in [-0.3, -0.25) is 5.32 Å². The summed E-state index contributed by atoms with van der Waals surface area (Å²) in [5.41, 5.74) is 0.970. The molecular weight excluding hydrogens is 330 g/mol. The van der Waals surface area contributed by atoms with Crippen molar-refractivity contribution in [1.29, 1.82) is 0 Å². The minimum absolute atomic E-state index is 0.194. The number of anilines is 1. The van der Waals surface area contributed by atoms with Crippen molar-refractivity contribution in [2.24, 2.45) is 4.99 Å². The molecule has 0 saturated carbocycles. The van der Waals surface area contributed by atoms with Crippen LogP contribution in [-0.4, -0.2) is 29.4 Å². The molecule has 26 heavy (non-hydrogen) atoms. The number of nitrogens with one attached hydrogen (secondary N) is 2. The maximum absolute atomic E-state index is 12.1. The van der Waals surface area contributed by atoms with Crippen LogP contribution in [0, 0.1) is 0 Å². The minimum Gasteiger partial charge on any atom is -0.444 e. The van der Waals surface area contributed by atoms with Gasteiger partial charge in [0.25, 0.3) is 0 Å². The van der Waals surface area contributed by atoms with Crippen molar-refractivity contribution in [3.63, 3.8) is 0 Å². The summed E-state index contributed by atoms with van der Waals surface area (Å²) in [7, 11) is 0. The van der Waals surface area contributed by atoms with Gasteiger partial charge in [-0.15, -0.1) is 0 Å². The summed E-state index contributed by atoms with van der Waals surface area (Å²) >= 11 is 0. The van der Waals surface area contributed by atoms with E-state index in [1.54, 1.807) is 20.8 Å². The normalized spacial score (nSPS) is 13.0. The van der Waals surface area contributed by atoms with Crippen LogP contribution < -0.4 is 10.6 Å². The van der Waals surface area contributed by atoms with Crippen molar-refractivity contribution < 1.29 is 14.6 Å². The molecule has 138 valence electrons. The van der Waals surface area contributed by atoms with Crippen LogP contribution in [0.2, 0.25) is 0 Å². The zero-order valence-electron chi connectivity index (χ0n) is 15.3. The maximum atomic E-state index is 12.1. The van der Waals surface area contributed by atoms with Gasteiger partial charge < -0.3 is 15.2 Å². The summed E-state index contributed by atoms with van der Waals surface area (Å²) in [5, 5.41) is 15.4. The van der Waals surface area contributed by atoms with Crippen LogP contribution in [0.3, 0.4) is 0 Å². The Morgan fingerprint density at radius 3 is 2.19 bits per heavy atom. The van der Waals surface area contributed by atoms with E-state index in [-0.39, 0.29) is 12.6 Å². The Balaban J connectivity index is 2.24. The molecule has 2 aromatic carbocycles. The number of ether oxygens (including phenoxy) is 1. The van der Waals surface area contributed by atoms with Crippen LogP contribution >= 0.6 is 0 Å². The molecule has 6 heteroatoms. The number of aliphatic imine (C=N–C) groups is 1. The average Bonchev–Trinajstić information content (AvgIpc) is 2.59. The van der Waals surface area contributed by atoms with Crippen LogP contribution in [0.4, 0.5) is 10.5 Å². The largest absolute Gasteiger partial charge is 0.444 e. The zero-order valence-corrected chi connectivity index (χ0v) is 15.3. The first-order chi connectivity index (χ1) is 12.4. The fraction of sp³-hybridized carbons (Fsp3) is 0.300. The molecule has 3 N–H and O–H groups in total. The Labute approximate surface area is 153 Å². The molecule has 6 nitrogen and oxygen atoms in total. The molecule has 0 aliphatic carbocycles. The van der Waals surface area contributed by atoms with Gasteiger partial charge >= 0.3 is 6.09 Å². The summed E-state index contributed by atoms with van der Waals surface area (Å²) in [4.78, 5) is 16.6. The Hall–Kier alpha value is -2.86. The summed E-state index contributed by atoms with van der Waals surface area (Å²) in [6.07, 6.45) is -0.621. The van der Waals surface area contributed by atoms with Crippen molar-refractivity contribution in [2.75, 3.05) is 11.9 Å². The molecule has 0 radical (unpaired) electrons. The third-order valence-corrected chi connectivity index (χ3v) is 3.30. The Kier molecular flexibility index (Phi) is 6.74. The van der Waals surface area contributed by atoms with E-state index in [1.165, 1.54) is 0 Å². The Morgan fingerprint density at radius 1 is 1.08 bits per heavy atom. The second-order valence-corrected chi connectivity index (χ2v) is 6.70. The summed E-state index contributed by atoms with van der Waals surface area (Å²) in [6.45, 7) is 5.16. The molecule has 0 aliphatic rings. The van der Waals surface area contributed by atoms with Gasteiger partial charge in [0.05, 0.1) is 6.61 Å². The predicted octanol–water partition coefficient (Wildman–Crippen LogP) is 3.71. The van der Waals surface area contributed by atoms with Crippen molar-refractivity contribution >= 4 is 17.7 Å². The van der Waals surface area contributed by atoms with Crippen LogP contribution in [-0.2, 0) is 4.74 Å². The number of nitrogens with zero attached hydrogens (tertiary/aromatic N) is 1. The smallest absolute Gasteiger partial charge is 0.414 e. The van der Waals surface area contributed by atoms with Gasteiger partial charge in [-0.1, -0.05) is 48.5 Å². The highest BCUT2D eigenvalue weighted by Crippen LogP contribution is 2.17. The van der Waals surface area contributed by atoms with E-state index in [1.807, 2.05) is 60.7 Å². The molecule has 0 fully saturated rings. The number of aliphatic hydroxyl groups excluding tert-OH is 1. The molecule has 0 aromatic heterocycles. The van der Waals surface area contributed by atoms with Crippen molar-refractivity contribution in [3.05, 3.63) is 66.2 Å². The van der Waals surface area contributed by atoms with E-state index in [0.29, 0.717) is 0 Å². The highest BCUT2D eigenvalue weighted by Gasteiger charge is 2.19. The van der Waals surface area contributed by atoms with Gasteiger partial charge in [0.15, 0.2) is 0 Å². The molecule has 1 atom stereocenters. The number of rotatable bonds is 4. The SMILES string of the molecule is CC(C)(C)OC(=O)NC(=N[C@H](CO)c1ccccc1)Nc1ccccc1. The van der Waals surface area contributed by atoms with Crippen molar-refractivity contribution in [1.82, 2.24) is 5.32 Å². The molecule has 2 aromatic rings. The minimum atomic E-state index is -0.627. The number of benzene rings is 2. The topological polar surface area (TPSA) is 83.0 Å². The van der Waals surface area contributed by atoms with Crippen molar-refractivity contribution in [2.45, 2.75) is 32.4 Å². The molecule has 1 amide bonds. The molecule has 0 saturated heterocycles. The maximum Gasteiger partial charge on any atom is 0.414 e. The number of alkyl carbamates (subject to hydrolysis) is 1. The van der Waals surface area contributed by atoms with E-state index in [0.717, 1.165) is 11.3 Å². The van der Waals surface area contributed by atoms with Gasteiger partial charge in [0, 0.05) is 5.69 Å². The first-order valence-corrected chi connectivity index (χ1v) is 8.43. The number of amides is 1. The summed E-state index contributed by atoms with van der Waals surface area (Å²) < 4.78 is 5.29. The first kappa shape index (κ1) is 19.5. The van der Waals surface area contributed by atoms with E-state index >= 15 is 0 Å². The lowest BCUT2D eigenvalue weighted by Gasteiger charge is -2.21. The highest BCUT2D eigenvalue weighted by molar-refractivity contribution is 6.02. The van der Waals surface area contributed by atoms with Crippen LogP contribution in [0.1, 0.15) is 32.4 Å². The molecular formula is C20H25N3O3. The first-order valence-electron chi connectivity index (χ1n) is 8.43. The van der Waals surface area contributed by atoms with Gasteiger partial charge in [0.1, 0.15) is 11.6 Å². The van der Waals surface area contributed by atoms with E-state index in [9.17, 15) is 9.90 Å². The number of hydrogen-bond donors (Lipinski definition) is 3. The molecule has 2 rings (SSSR count). The third kappa shape index (κ3) is 6.57. The standard InChI is InChI=1S/C20H25N3O3/c1-20(2,3)26-19(25)23-18(21-16-12-8-5-9-13-16)22-17(14-24)15-10-6-4-7-11-15/h4-13,17,24H,14H2,1-3H3,(H2,21,22,23,25)/t17-/m1/s1. The lowest BCUT2D eigenvalue weighted by molar-refractivity contribution is 0.0562. The number of para-hydroxylation sites is 1. The van der Waals surface area contributed by atoms with Crippen LogP contribution in [0.5, 0.6) is 0 Å².